The van der Waals surface area contributed by atoms with E-state index in [9.17, 15) is 23.1 Å². The summed E-state index contributed by atoms with van der Waals surface area (Å²) < 4.78 is 39.8. The lowest BCUT2D eigenvalue weighted by molar-refractivity contribution is -0.143. The molecule has 1 aliphatic heterocycles. The Balaban J connectivity index is 2.06. The second-order valence-corrected chi connectivity index (χ2v) is 7.62. The van der Waals surface area contributed by atoms with Gasteiger partial charge in [0, 0.05) is 10.0 Å². The number of hydrogen-bond donors (Lipinski definition) is 1. The van der Waals surface area contributed by atoms with E-state index in [0.717, 1.165) is 12.1 Å². The van der Waals surface area contributed by atoms with Gasteiger partial charge in [-0.15, -0.1) is 0 Å². The summed E-state index contributed by atoms with van der Waals surface area (Å²) in [4.78, 5) is 13.2. The van der Waals surface area contributed by atoms with Gasteiger partial charge in [-0.25, -0.2) is 0 Å². The number of alkyl halides is 3. The molecule has 1 fully saturated rings. The fourth-order valence-electron chi connectivity index (χ4n) is 3.59. The van der Waals surface area contributed by atoms with E-state index in [4.69, 9.17) is 23.2 Å². The number of nitrogens with zero attached hydrogens (tertiary/aromatic N) is 1. The van der Waals surface area contributed by atoms with Gasteiger partial charge in [0.1, 0.15) is 0 Å². The van der Waals surface area contributed by atoms with Crippen LogP contribution in [0.3, 0.4) is 0 Å². The summed E-state index contributed by atoms with van der Waals surface area (Å²) in [6.07, 6.45) is -3.68. The van der Waals surface area contributed by atoms with E-state index in [0.29, 0.717) is 42.1 Å². The van der Waals surface area contributed by atoms with E-state index >= 15 is 0 Å². The molecule has 1 atom stereocenters. The largest absolute Gasteiger partial charge is 0.481 e. The summed E-state index contributed by atoms with van der Waals surface area (Å²) in [5.41, 5.74) is 0.155. The number of benzene rings is 2. The molecule has 0 radical (unpaired) electrons. The lowest BCUT2D eigenvalue weighted by Gasteiger charge is -2.38. The maximum atomic E-state index is 13.3. The van der Waals surface area contributed by atoms with Crippen LogP contribution in [-0.4, -0.2) is 29.1 Å². The third-order valence-corrected chi connectivity index (χ3v) is 5.75. The first-order chi connectivity index (χ1) is 13.2. The molecule has 0 aromatic heterocycles. The van der Waals surface area contributed by atoms with Gasteiger partial charge in [-0.05, 0) is 61.3 Å². The summed E-state index contributed by atoms with van der Waals surface area (Å²) >= 11 is 12.7. The highest BCUT2D eigenvalue weighted by molar-refractivity contribution is 6.32. The predicted molar refractivity (Wildman–Crippen MR) is 102 cm³/mol. The second kappa shape index (κ2) is 8.31. The maximum absolute atomic E-state index is 13.3. The minimum absolute atomic E-state index is 0.207. The predicted octanol–water partition coefficient (Wildman–Crippen LogP) is 5.90. The zero-order valence-electron chi connectivity index (χ0n) is 14.7. The van der Waals surface area contributed by atoms with Gasteiger partial charge in [0.2, 0.25) is 0 Å². The average molecular weight is 432 g/mol. The smallest absolute Gasteiger partial charge is 0.416 e. The summed E-state index contributed by atoms with van der Waals surface area (Å²) in [6.45, 7) is 0.832. The molecule has 1 N–H and O–H groups in total. The van der Waals surface area contributed by atoms with Crippen molar-refractivity contribution in [1.82, 2.24) is 4.90 Å². The third kappa shape index (κ3) is 4.45. The van der Waals surface area contributed by atoms with Gasteiger partial charge in [0.05, 0.1) is 17.5 Å². The number of piperidine rings is 1. The number of likely N-dealkylation sites (tertiary alicyclic amines) is 1. The number of carboxylic acid groups (broad SMARTS) is 1. The minimum atomic E-state index is -4.50. The lowest BCUT2D eigenvalue weighted by atomic mass is 9.90. The molecule has 1 aliphatic rings. The third-order valence-electron chi connectivity index (χ3n) is 5.06. The molecule has 0 aliphatic carbocycles. The van der Waals surface area contributed by atoms with E-state index in [2.05, 4.69) is 0 Å². The highest BCUT2D eigenvalue weighted by Crippen LogP contribution is 2.41. The number of aliphatic carboxylic acids is 1. The Hall–Kier alpha value is -1.76. The molecule has 150 valence electrons. The molecule has 1 saturated heterocycles. The lowest BCUT2D eigenvalue weighted by Crippen LogP contribution is -2.39. The van der Waals surface area contributed by atoms with Crippen LogP contribution in [0.25, 0.3) is 0 Å². The second-order valence-electron chi connectivity index (χ2n) is 6.81. The number of hydrogen-bond acceptors (Lipinski definition) is 2. The van der Waals surface area contributed by atoms with Crippen molar-refractivity contribution in [1.29, 1.82) is 0 Å². The fourth-order valence-corrected chi connectivity index (χ4v) is 4.05. The summed E-state index contributed by atoms with van der Waals surface area (Å²) in [5.74, 6) is -1.31. The van der Waals surface area contributed by atoms with Crippen molar-refractivity contribution in [2.45, 2.75) is 25.1 Å². The highest BCUT2D eigenvalue weighted by Gasteiger charge is 2.35. The molecular weight excluding hydrogens is 414 g/mol. The van der Waals surface area contributed by atoms with E-state index in [-0.39, 0.29) is 5.02 Å². The normalized spacial score (nSPS) is 17.5. The topological polar surface area (TPSA) is 40.5 Å². The molecule has 3 rings (SSSR count). The molecule has 0 saturated carbocycles. The Morgan fingerprint density at radius 1 is 1.04 bits per heavy atom. The van der Waals surface area contributed by atoms with E-state index in [1.54, 1.807) is 24.3 Å². The summed E-state index contributed by atoms with van der Waals surface area (Å²) in [6, 6.07) is 9.59. The van der Waals surface area contributed by atoms with E-state index in [1.807, 2.05) is 4.90 Å². The van der Waals surface area contributed by atoms with Crippen molar-refractivity contribution in [2.24, 2.45) is 5.92 Å². The van der Waals surface area contributed by atoms with Gasteiger partial charge in [-0.3, -0.25) is 9.69 Å². The van der Waals surface area contributed by atoms with Crippen molar-refractivity contribution in [3.8, 4) is 0 Å². The van der Waals surface area contributed by atoms with Crippen LogP contribution in [0.4, 0.5) is 13.2 Å². The Bertz CT molecular complexity index is 865. The van der Waals surface area contributed by atoms with Crippen LogP contribution in [-0.2, 0) is 11.0 Å². The average Bonchev–Trinajstić information content (AvgIpc) is 2.64. The SMILES string of the molecule is O=C(O)C1CCN(C(c2ccccc2Cl)c2cc(C(F)(F)F)ccc2Cl)CC1. The Morgan fingerprint density at radius 3 is 2.21 bits per heavy atom. The zero-order chi connectivity index (χ0) is 20.5. The quantitative estimate of drug-likeness (QED) is 0.654. The summed E-state index contributed by atoms with van der Waals surface area (Å²) in [7, 11) is 0. The monoisotopic (exact) mass is 431 g/mol. The van der Waals surface area contributed by atoms with Crippen molar-refractivity contribution >= 4 is 29.2 Å². The van der Waals surface area contributed by atoms with Crippen LogP contribution in [0.1, 0.15) is 35.6 Å². The maximum Gasteiger partial charge on any atom is 0.416 e. The van der Waals surface area contributed by atoms with Crippen LogP contribution >= 0.6 is 23.2 Å². The van der Waals surface area contributed by atoms with Crippen molar-refractivity contribution < 1.29 is 23.1 Å². The molecule has 8 heteroatoms. The van der Waals surface area contributed by atoms with Crippen LogP contribution in [0, 0.1) is 5.92 Å². The van der Waals surface area contributed by atoms with Crippen molar-refractivity contribution in [2.75, 3.05) is 13.1 Å². The minimum Gasteiger partial charge on any atom is -0.481 e. The first-order valence-electron chi connectivity index (χ1n) is 8.76. The molecule has 3 nitrogen and oxygen atoms in total. The standard InChI is InChI=1S/C20H18Cl2F3NO2/c21-16-4-2-1-3-14(16)18(26-9-7-12(8-10-26)19(27)28)15-11-13(20(23,24)25)5-6-17(15)22/h1-6,11-12,18H,7-10H2,(H,27,28). The van der Waals surface area contributed by atoms with Gasteiger partial charge >= 0.3 is 12.1 Å². The molecule has 0 amide bonds. The molecule has 1 unspecified atom stereocenters. The molecular formula is C20H18Cl2F3NO2. The molecule has 28 heavy (non-hydrogen) atoms. The Kier molecular flexibility index (Phi) is 6.22. The van der Waals surface area contributed by atoms with Gasteiger partial charge in [-0.1, -0.05) is 41.4 Å². The van der Waals surface area contributed by atoms with Gasteiger partial charge in [0.15, 0.2) is 0 Å². The van der Waals surface area contributed by atoms with Crippen LogP contribution in [0.15, 0.2) is 42.5 Å². The fraction of sp³-hybridized carbons (Fsp3) is 0.350. The van der Waals surface area contributed by atoms with Crippen molar-refractivity contribution in [3.63, 3.8) is 0 Å². The Labute approximate surface area is 170 Å². The molecule has 2 aromatic rings. The number of rotatable bonds is 4. The number of carbonyl (C=O) groups is 1. The van der Waals surface area contributed by atoms with Crippen LogP contribution < -0.4 is 0 Å². The van der Waals surface area contributed by atoms with Crippen molar-refractivity contribution in [3.05, 3.63) is 69.2 Å². The van der Waals surface area contributed by atoms with Crippen LogP contribution in [0.5, 0.6) is 0 Å². The number of carboxylic acids is 1. The first kappa shape index (κ1) is 21.0. The molecule has 2 aromatic carbocycles. The summed E-state index contributed by atoms with van der Waals surface area (Å²) in [5, 5.41) is 9.85. The molecule has 0 spiro atoms. The van der Waals surface area contributed by atoms with Gasteiger partial charge in [0.25, 0.3) is 0 Å². The number of halogens is 5. The van der Waals surface area contributed by atoms with Crippen LogP contribution in [0.2, 0.25) is 10.0 Å². The van der Waals surface area contributed by atoms with Gasteiger partial charge < -0.3 is 5.11 Å². The van der Waals surface area contributed by atoms with E-state index < -0.39 is 29.7 Å². The first-order valence-corrected chi connectivity index (χ1v) is 9.52. The molecule has 1 heterocycles. The Morgan fingerprint density at radius 2 is 1.64 bits per heavy atom. The van der Waals surface area contributed by atoms with Gasteiger partial charge in [-0.2, -0.15) is 13.2 Å². The highest BCUT2D eigenvalue weighted by atomic mass is 35.5. The zero-order valence-corrected chi connectivity index (χ0v) is 16.2. The molecule has 0 bridgehead atoms. The van der Waals surface area contributed by atoms with E-state index in [1.165, 1.54) is 6.07 Å².